The second kappa shape index (κ2) is 173. The van der Waals surface area contributed by atoms with Crippen LogP contribution in [0.2, 0.25) is 0 Å². The van der Waals surface area contributed by atoms with Crippen LogP contribution in [0.15, 0.2) is 0 Å². The number of ether oxygens (including phenoxy) is 2. The number of halogens is 1. The minimum absolute atomic E-state index is 0.0153. The van der Waals surface area contributed by atoms with Gasteiger partial charge in [0.1, 0.15) is 67.3 Å². The third kappa shape index (κ3) is 340. The normalized spacial score (nSPS) is 9.21. The van der Waals surface area contributed by atoms with E-state index in [1.807, 2.05) is 96.9 Å². The van der Waals surface area contributed by atoms with Crippen molar-refractivity contribution in [3.63, 3.8) is 0 Å². The van der Waals surface area contributed by atoms with E-state index < -0.39 is 41.6 Å². The highest BCUT2D eigenvalue weighted by Gasteiger charge is 2.05. The summed E-state index contributed by atoms with van der Waals surface area (Å²) >= 11 is 2.74. The summed E-state index contributed by atoms with van der Waals surface area (Å²) in [5.74, 6) is -0.416. The van der Waals surface area contributed by atoms with Gasteiger partial charge < -0.3 is 64.1 Å². The van der Waals surface area contributed by atoms with Crippen LogP contribution in [0.3, 0.4) is 0 Å². The lowest BCUT2D eigenvalue weighted by atomic mass is 10.1. The molecule has 72 heavy (non-hydrogen) atoms. The molecule has 0 aromatic rings. The molecule has 0 bridgehead atoms. The van der Waals surface area contributed by atoms with E-state index >= 15 is 0 Å². The summed E-state index contributed by atoms with van der Waals surface area (Å²) in [6, 6.07) is 0. The van der Waals surface area contributed by atoms with Crippen molar-refractivity contribution in [3.8, 4) is 0 Å². The van der Waals surface area contributed by atoms with E-state index in [9.17, 15) is 33.6 Å². The van der Waals surface area contributed by atoms with Crippen molar-refractivity contribution in [2.75, 3.05) is 40.1 Å². The number of methoxy groups -OCH3 is 1. The fraction of sp³-hybridized carbons (Fsp3) is 0.875. The molecule has 0 aliphatic carbocycles. The number of aliphatic hydroxyl groups is 6. The first-order valence-corrected chi connectivity index (χ1v) is 28.0. The number of rotatable bonds is 20. The van der Waals surface area contributed by atoms with Crippen molar-refractivity contribution >= 4 is 58.9 Å². The highest BCUT2D eigenvalue weighted by Crippen LogP contribution is 2.03. The number of aldehydes is 5. The van der Waals surface area contributed by atoms with E-state index in [1.165, 1.54) is 59.3 Å². The Hall–Kier alpha value is -2.15. The van der Waals surface area contributed by atoms with Crippen LogP contribution in [0.4, 0.5) is 0 Å². The Morgan fingerprint density at radius 3 is 0.931 bits per heavy atom. The molecular weight excluding hydrogens is 993 g/mol. The van der Waals surface area contributed by atoms with Crippen molar-refractivity contribution in [1.29, 1.82) is 0 Å². The van der Waals surface area contributed by atoms with Crippen LogP contribution in [0.1, 0.15) is 257 Å². The van der Waals surface area contributed by atoms with E-state index in [2.05, 4.69) is 87.7 Å². The molecule has 0 radical (unpaired) electrons. The van der Waals surface area contributed by atoms with Crippen molar-refractivity contribution in [2.24, 2.45) is 0 Å². The van der Waals surface area contributed by atoms with Gasteiger partial charge in [-0.25, -0.2) is 0 Å². The average molecular weight is 1120 g/mol. The smallest absolute Gasteiger partial charge is 0.160 e. The Morgan fingerprint density at radius 1 is 0.514 bits per heavy atom. The maximum atomic E-state index is 10.1. The number of alkyl halides is 1. The van der Waals surface area contributed by atoms with E-state index in [0.29, 0.717) is 44.3 Å². The second-order valence-corrected chi connectivity index (χ2v) is 13.2. The van der Waals surface area contributed by atoms with Gasteiger partial charge in [-0.1, -0.05) is 232 Å². The monoisotopic (exact) mass is 1120 g/mol. The maximum absolute atomic E-state index is 10.1. The summed E-state index contributed by atoms with van der Waals surface area (Å²) in [7, 11) is 1.68. The van der Waals surface area contributed by atoms with E-state index in [4.69, 9.17) is 30.6 Å². The van der Waals surface area contributed by atoms with Crippen LogP contribution in [-0.4, -0.2) is 143 Å². The molecule has 4 unspecified atom stereocenters. The molecule has 16 heteroatoms. The second-order valence-electron chi connectivity index (χ2n) is 12.2. The van der Waals surface area contributed by atoms with Crippen LogP contribution < -0.4 is 0 Å². The molecule has 452 valence electrons. The topological polar surface area (TPSA) is 259 Å². The predicted molar refractivity (Wildman–Crippen MR) is 317 cm³/mol. The highest BCUT2D eigenvalue weighted by atomic mass is 79.9. The highest BCUT2D eigenvalue weighted by molar-refractivity contribution is 9.10. The minimum Gasteiger partial charge on any atom is -0.394 e. The largest absolute Gasteiger partial charge is 0.394 e. The van der Waals surface area contributed by atoms with E-state index in [0.717, 1.165) is 32.3 Å². The number of hydrogen-bond acceptors (Lipinski definition) is 15. The van der Waals surface area contributed by atoms with Crippen LogP contribution in [0.25, 0.3) is 0 Å². The number of carbonyl (C=O) groups is 7. The van der Waals surface area contributed by atoms with Gasteiger partial charge in [-0.2, -0.15) is 0 Å². The van der Waals surface area contributed by atoms with Gasteiger partial charge in [-0.05, 0) is 40.5 Å². The summed E-state index contributed by atoms with van der Waals surface area (Å²) in [4.78, 5) is 67.3. The Balaban J connectivity index is -0.0000000307. The van der Waals surface area contributed by atoms with Gasteiger partial charge in [0.2, 0.25) is 0 Å². The number of Topliss-reactive ketones (excluding diaryl/α,β-unsaturated/α-hetero) is 2. The fourth-order valence-corrected chi connectivity index (χ4v) is 1.77. The van der Waals surface area contributed by atoms with Crippen molar-refractivity contribution < 1.29 is 73.7 Å². The van der Waals surface area contributed by atoms with Gasteiger partial charge >= 0.3 is 0 Å². The van der Waals surface area contributed by atoms with Crippen molar-refractivity contribution in [2.45, 2.75) is 286 Å². The molecule has 0 aliphatic rings. The molecule has 0 aromatic carbocycles. The summed E-state index contributed by atoms with van der Waals surface area (Å²) < 4.78 is 9.19. The average Bonchev–Trinajstić information content (AvgIpc) is 3.41. The molecule has 15 nitrogen and oxygen atoms in total. The molecule has 0 amide bonds. The first-order chi connectivity index (χ1) is 34.2. The quantitative estimate of drug-likeness (QED) is 0.0287. The molecule has 0 aromatic heterocycles. The Labute approximate surface area is 457 Å². The maximum Gasteiger partial charge on any atom is 0.160 e. The standard InChI is InChI=1S/C8H16O2.C6H12O2.C5H10O3.C4H8O3.C3H3BrO2.C3H6O2.C3H8O.4C3H8.6C2H6/c1-2-3-4-5-6-8(10)7-9;1-2-3-4-6(8)5-7;1-5(7)4-8-3-2-6;1-3(6)4(7)2-5;4-3(1-5)2-6;1-3(5)2-4;1-3-4-2;4*1-3-2;6*1-2/h7-8,10H,2-6H2,1H3;5-6,8H,2-4H2,1H3;6H,2-4H2,1H3;4-5,7H,2H2,1H3;1-3H;2-3,5H,1H3;3H2,1-2H3;4*3H2,1-2H3;6*1-2H3. The van der Waals surface area contributed by atoms with Gasteiger partial charge in [-0.3, -0.25) is 9.59 Å². The molecule has 0 saturated heterocycles. The minimum atomic E-state index is -1.18. The van der Waals surface area contributed by atoms with Crippen molar-refractivity contribution in [1.82, 2.24) is 0 Å². The lowest BCUT2D eigenvalue weighted by Gasteiger charge is -2.00. The van der Waals surface area contributed by atoms with Crippen LogP contribution in [0, 0.1) is 0 Å². The summed E-state index contributed by atoms with van der Waals surface area (Å²) in [6.07, 6.45) is 12.0. The first-order valence-electron chi connectivity index (χ1n) is 27.1. The number of carbonyl (C=O) groups excluding carboxylic acids is 7. The molecule has 6 N–H and O–H groups in total. The molecule has 0 spiro atoms. The number of ketones is 2. The molecule has 0 rings (SSSR count). The molecule has 4 atom stereocenters. The zero-order valence-corrected chi connectivity index (χ0v) is 54.1. The zero-order chi connectivity index (χ0) is 62.0. The van der Waals surface area contributed by atoms with E-state index in [1.54, 1.807) is 7.11 Å². The lowest BCUT2D eigenvalue weighted by Crippen LogP contribution is -2.20. The lowest BCUT2D eigenvalue weighted by molar-refractivity contribution is -0.126. The summed E-state index contributed by atoms with van der Waals surface area (Å²) in [5, 5.41) is 49.9. The summed E-state index contributed by atoms with van der Waals surface area (Å²) in [6.45, 7) is 51.9. The van der Waals surface area contributed by atoms with Gasteiger partial charge in [0.25, 0.3) is 0 Å². The SMILES string of the molecule is CC.CC.CC.CC.CC.CC.CC(=O)C(O)CO.CC(=O)COCCO.CC(O)C=O.CCC.CCC.CCC.CCC.CCCCC(O)C=O.CCCCCCC(O)C=O.CCOC.O=CC(Br)C=O. The van der Waals surface area contributed by atoms with Gasteiger partial charge in [0.05, 0.1) is 19.8 Å². The third-order valence-corrected chi connectivity index (χ3v) is 4.88. The Morgan fingerprint density at radius 2 is 0.792 bits per heavy atom. The first kappa shape index (κ1) is 119. The molecule has 0 fully saturated rings. The number of aliphatic hydroxyl groups excluding tert-OH is 6. The predicted octanol–water partition coefficient (Wildman–Crippen LogP) is 13.0. The molecule has 0 heterocycles. The van der Waals surface area contributed by atoms with Crippen LogP contribution >= 0.6 is 15.9 Å². The van der Waals surface area contributed by atoms with Crippen LogP contribution in [-0.2, 0) is 43.0 Å². The third-order valence-electron chi connectivity index (χ3n) is 4.45. The van der Waals surface area contributed by atoms with Gasteiger partial charge in [0, 0.05) is 13.7 Å². The Kier molecular flexibility index (Phi) is 284. The van der Waals surface area contributed by atoms with Crippen LogP contribution in [0.5, 0.6) is 0 Å². The van der Waals surface area contributed by atoms with Gasteiger partial charge in [0.15, 0.2) is 11.6 Å². The van der Waals surface area contributed by atoms with Crippen molar-refractivity contribution in [3.05, 3.63) is 0 Å². The zero-order valence-electron chi connectivity index (χ0n) is 52.5. The van der Waals surface area contributed by atoms with Gasteiger partial charge in [-0.15, -0.1) is 0 Å². The summed E-state index contributed by atoms with van der Waals surface area (Å²) in [5.41, 5.74) is 0. The number of hydrogen-bond donors (Lipinski definition) is 6. The molecule has 0 aliphatic heterocycles. The number of unbranched alkanes of at least 4 members (excludes halogenated alkanes) is 4. The van der Waals surface area contributed by atoms with E-state index in [-0.39, 0.29) is 25.6 Å². The Bertz CT molecular complexity index is 746. The molecular formula is C56H131BrO15. The molecule has 0 saturated carbocycles. The fourth-order valence-electron chi connectivity index (χ4n) is 1.77.